The number of rotatable bonds is 2. The van der Waals surface area contributed by atoms with E-state index in [-0.39, 0.29) is 0 Å². The van der Waals surface area contributed by atoms with Crippen molar-refractivity contribution in [2.75, 3.05) is 11.1 Å². The third kappa shape index (κ3) is 4.50. The third-order valence-corrected chi connectivity index (χ3v) is 3.85. The van der Waals surface area contributed by atoms with Gasteiger partial charge in [-0.25, -0.2) is 0 Å². The van der Waals surface area contributed by atoms with Crippen molar-refractivity contribution in [3.8, 4) is 11.5 Å². The van der Waals surface area contributed by atoms with Gasteiger partial charge >= 0.3 is 0 Å². The van der Waals surface area contributed by atoms with Crippen molar-refractivity contribution in [3.63, 3.8) is 0 Å². The number of amidine groups is 1. The van der Waals surface area contributed by atoms with Crippen LogP contribution in [0.15, 0.2) is 48.5 Å². The second-order valence-electron chi connectivity index (χ2n) is 6.16. The highest BCUT2D eigenvalue weighted by molar-refractivity contribution is 6.83. The number of anilines is 2. The largest absolute Gasteiger partial charge is 0.397 e. The summed E-state index contributed by atoms with van der Waals surface area (Å²) in [6.45, 7) is 6.66. The molecule has 0 aliphatic heterocycles. The molecule has 0 unspecified atom stereocenters. The van der Waals surface area contributed by atoms with E-state index in [4.69, 9.17) is 11.1 Å². The first kappa shape index (κ1) is 15.9. The van der Waals surface area contributed by atoms with Crippen LogP contribution in [0.3, 0.4) is 0 Å². The molecule has 0 spiro atoms. The summed E-state index contributed by atoms with van der Waals surface area (Å²) < 4.78 is 0. The van der Waals surface area contributed by atoms with Crippen molar-refractivity contribution in [1.82, 2.24) is 0 Å². The van der Waals surface area contributed by atoms with E-state index in [0.29, 0.717) is 11.5 Å². The summed E-state index contributed by atoms with van der Waals surface area (Å²) in [6.07, 6.45) is 0. The van der Waals surface area contributed by atoms with Crippen LogP contribution in [0.4, 0.5) is 11.4 Å². The van der Waals surface area contributed by atoms with E-state index in [0.717, 1.165) is 16.8 Å². The molecule has 0 bridgehead atoms. The van der Waals surface area contributed by atoms with Crippen molar-refractivity contribution in [2.24, 2.45) is 0 Å². The molecule has 22 heavy (non-hydrogen) atoms. The van der Waals surface area contributed by atoms with Crippen molar-refractivity contribution < 1.29 is 0 Å². The Morgan fingerprint density at radius 3 is 2.27 bits per heavy atom. The lowest BCUT2D eigenvalue weighted by Crippen LogP contribution is -2.16. The van der Waals surface area contributed by atoms with Gasteiger partial charge in [-0.1, -0.05) is 49.8 Å². The van der Waals surface area contributed by atoms with Crippen LogP contribution in [0.1, 0.15) is 11.1 Å². The van der Waals surface area contributed by atoms with Crippen LogP contribution < -0.4 is 11.1 Å². The molecule has 0 aliphatic carbocycles. The van der Waals surface area contributed by atoms with Crippen LogP contribution in [0, 0.1) is 16.9 Å². The molecule has 3 nitrogen and oxygen atoms in total. The Morgan fingerprint density at radius 2 is 1.68 bits per heavy atom. The van der Waals surface area contributed by atoms with Gasteiger partial charge in [0.2, 0.25) is 0 Å². The molecule has 0 amide bonds. The van der Waals surface area contributed by atoms with Crippen molar-refractivity contribution >= 4 is 25.3 Å². The average molecular weight is 307 g/mol. The molecule has 0 atom stereocenters. The third-order valence-electron chi connectivity index (χ3n) is 2.98. The van der Waals surface area contributed by atoms with Crippen LogP contribution in [0.2, 0.25) is 19.6 Å². The van der Waals surface area contributed by atoms with Crippen molar-refractivity contribution in [3.05, 3.63) is 59.7 Å². The van der Waals surface area contributed by atoms with E-state index in [9.17, 15) is 0 Å². The maximum Gasteiger partial charge on any atom is 0.129 e. The van der Waals surface area contributed by atoms with Crippen LogP contribution in [-0.2, 0) is 0 Å². The summed E-state index contributed by atoms with van der Waals surface area (Å²) in [5.74, 6) is 3.53. The lowest BCUT2D eigenvalue weighted by Gasteiger charge is -2.10. The molecule has 0 saturated heterocycles. The summed E-state index contributed by atoms with van der Waals surface area (Å²) in [5.41, 5.74) is 12.4. The van der Waals surface area contributed by atoms with Gasteiger partial charge < -0.3 is 11.1 Å². The van der Waals surface area contributed by atoms with Crippen molar-refractivity contribution in [1.29, 1.82) is 5.41 Å². The van der Waals surface area contributed by atoms with Gasteiger partial charge in [-0.15, -0.1) is 5.54 Å². The van der Waals surface area contributed by atoms with E-state index >= 15 is 0 Å². The Labute approximate surface area is 133 Å². The molecule has 112 valence electrons. The number of hydrogen-bond acceptors (Lipinski definition) is 2. The Hall–Kier alpha value is -2.51. The second kappa shape index (κ2) is 6.50. The minimum atomic E-state index is -1.36. The maximum absolute atomic E-state index is 8.14. The van der Waals surface area contributed by atoms with Gasteiger partial charge in [0.05, 0.1) is 11.4 Å². The van der Waals surface area contributed by atoms with Gasteiger partial charge in [-0.3, -0.25) is 5.41 Å². The first-order valence-corrected chi connectivity index (χ1v) is 10.7. The van der Waals surface area contributed by atoms with Crippen LogP contribution >= 0.6 is 0 Å². The fraction of sp³-hybridized carbons (Fsp3) is 0.167. The molecule has 0 radical (unpaired) electrons. The van der Waals surface area contributed by atoms with E-state index in [1.54, 1.807) is 0 Å². The molecule has 4 heteroatoms. The van der Waals surface area contributed by atoms with Gasteiger partial charge in [0, 0.05) is 11.1 Å². The highest BCUT2D eigenvalue weighted by Crippen LogP contribution is 2.17. The maximum atomic E-state index is 8.14. The lowest BCUT2D eigenvalue weighted by molar-refractivity contribution is 1.44. The standard InChI is InChI=1S/C18H21N3Si/c1-22(2,3)13-12-14-8-10-15(11-9-14)18(20)21-17-7-5-4-6-16(17)19/h4-11H,19H2,1-3H3,(H2,20,21). The molecule has 0 saturated carbocycles. The number of nitrogens with two attached hydrogens (primary N) is 1. The summed E-state index contributed by atoms with van der Waals surface area (Å²) in [7, 11) is -1.36. The first-order valence-electron chi connectivity index (χ1n) is 7.19. The monoisotopic (exact) mass is 307 g/mol. The average Bonchev–Trinajstić information content (AvgIpc) is 2.47. The van der Waals surface area contributed by atoms with Crippen LogP contribution in [0.5, 0.6) is 0 Å². The number of nitrogens with one attached hydrogen (secondary N) is 2. The Morgan fingerprint density at radius 1 is 1.05 bits per heavy atom. The Balaban J connectivity index is 2.11. The van der Waals surface area contributed by atoms with Crippen LogP contribution in [-0.4, -0.2) is 13.9 Å². The molecule has 0 aliphatic rings. The molecule has 0 fully saturated rings. The normalized spacial score (nSPS) is 10.5. The number of nitrogen functional groups attached to an aromatic ring is 1. The molecule has 0 aromatic heterocycles. The minimum absolute atomic E-state index is 0.322. The van der Waals surface area contributed by atoms with E-state index in [2.05, 4.69) is 36.4 Å². The highest BCUT2D eigenvalue weighted by Gasteiger charge is 2.07. The van der Waals surface area contributed by atoms with E-state index in [1.165, 1.54) is 0 Å². The zero-order chi connectivity index (χ0) is 16.2. The minimum Gasteiger partial charge on any atom is -0.397 e. The molecule has 4 N–H and O–H groups in total. The Kier molecular flexibility index (Phi) is 4.69. The first-order chi connectivity index (χ1) is 10.3. The zero-order valence-corrected chi connectivity index (χ0v) is 14.2. The van der Waals surface area contributed by atoms with Crippen LogP contribution in [0.25, 0.3) is 0 Å². The SMILES string of the molecule is C[Si](C)(C)C#Cc1ccc(C(=N)Nc2ccccc2N)cc1. The smallest absolute Gasteiger partial charge is 0.129 e. The fourth-order valence-corrected chi connectivity index (χ4v) is 2.32. The summed E-state index contributed by atoms with van der Waals surface area (Å²) >= 11 is 0. The number of benzene rings is 2. The Bertz CT molecular complexity index is 731. The summed E-state index contributed by atoms with van der Waals surface area (Å²) in [4.78, 5) is 0. The van der Waals surface area contributed by atoms with Gasteiger partial charge in [0.25, 0.3) is 0 Å². The molecular weight excluding hydrogens is 286 g/mol. The molecule has 2 aromatic carbocycles. The predicted molar refractivity (Wildman–Crippen MR) is 98.0 cm³/mol. The van der Waals surface area contributed by atoms with E-state index in [1.807, 2.05) is 48.5 Å². The predicted octanol–water partition coefficient (Wildman–Crippen LogP) is 3.94. The lowest BCUT2D eigenvalue weighted by atomic mass is 10.1. The van der Waals surface area contributed by atoms with Crippen molar-refractivity contribution in [2.45, 2.75) is 19.6 Å². The molecule has 2 rings (SSSR count). The van der Waals surface area contributed by atoms with Gasteiger partial charge in [0.15, 0.2) is 0 Å². The second-order valence-corrected chi connectivity index (χ2v) is 10.9. The summed E-state index contributed by atoms with van der Waals surface area (Å²) in [6, 6.07) is 15.1. The molecule has 0 heterocycles. The fourth-order valence-electron chi connectivity index (χ4n) is 1.80. The zero-order valence-electron chi connectivity index (χ0n) is 13.2. The number of para-hydroxylation sites is 2. The highest BCUT2D eigenvalue weighted by atomic mass is 28.3. The number of hydrogen-bond donors (Lipinski definition) is 3. The quantitative estimate of drug-likeness (QED) is 0.259. The summed E-state index contributed by atoms with van der Waals surface area (Å²) in [5, 5.41) is 11.2. The molecular formula is C18H21N3Si. The van der Waals surface area contributed by atoms with E-state index < -0.39 is 8.07 Å². The van der Waals surface area contributed by atoms with Gasteiger partial charge in [-0.05, 0) is 24.3 Å². The van der Waals surface area contributed by atoms with Gasteiger partial charge in [-0.2, -0.15) is 0 Å². The molecule has 2 aromatic rings. The van der Waals surface area contributed by atoms with Gasteiger partial charge in [0.1, 0.15) is 13.9 Å². The topological polar surface area (TPSA) is 61.9 Å².